The molecule has 0 atom stereocenters. The molecule has 190 valence electrons. The maximum Gasteiger partial charge on any atom is 0.252 e. The molecule has 35 heavy (non-hydrogen) atoms. The molecule has 12 heteroatoms. The Labute approximate surface area is 211 Å². The van der Waals surface area contributed by atoms with Crippen molar-refractivity contribution in [1.82, 2.24) is 13.9 Å². The van der Waals surface area contributed by atoms with Crippen LogP contribution in [0.1, 0.15) is 36.0 Å². The number of halogens is 1. The zero-order valence-corrected chi connectivity index (χ0v) is 21.5. The largest absolute Gasteiger partial charge is 0.492 e. The fourth-order valence-corrected chi connectivity index (χ4v) is 7.39. The average molecular weight is 542 g/mol. The molecule has 0 unspecified atom stereocenters. The lowest BCUT2D eigenvalue weighted by atomic mass is 10.2. The van der Waals surface area contributed by atoms with E-state index in [0.29, 0.717) is 31.9 Å². The molecule has 2 saturated heterocycles. The van der Waals surface area contributed by atoms with Crippen LogP contribution in [0.2, 0.25) is 5.02 Å². The predicted molar refractivity (Wildman–Crippen MR) is 132 cm³/mol. The highest BCUT2D eigenvalue weighted by Crippen LogP contribution is 2.26. The van der Waals surface area contributed by atoms with Gasteiger partial charge in [-0.3, -0.25) is 4.79 Å². The Kier molecular flexibility index (Phi) is 8.02. The second kappa shape index (κ2) is 10.8. The van der Waals surface area contributed by atoms with Crippen molar-refractivity contribution >= 4 is 37.6 Å². The molecule has 1 N–H and O–H groups in total. The number of carbonyl (C=O) groups is 1. The topological polar surface area (TPSA) is 113 Å². The third kappa shape index (κ3) is 5.80. The van der Waals surface area contributed by atoms with E-state index < -0.39 is 26.0 Å². The lowest BCUT2D eigenvalue weighted by molar-refractivity contribution is 0.0947. The molecule has 4 rings (SSSR count). The number of hydrogen-bond acceptors (Lipinski definition) is 6. The molecule has 2 fully saturated rings. The van der Waals surface area contributed by atoms with Crippen molar-refractivity contribution in [2.24, 2.45) is 0 Å². The summed E-state index contributed by atoms with van der Waals surface area (Å²) in [7, 11) is -7.15. The molecule has 1 amide bonds. The van der Waals surface area contributed by atoms with Gasteiger partial charge in [-0.05, 0) is 68.1 Å². The SMILES string of the molecule is O=C(NCCOc1ccc(S(=O)(=O)N2CCCC2)cc1)c1cc(S(=O)(=O)N2CCCC2)ccc1Cl. The number of nitrogens with one attached hydrogen (secondary N) is 1. The van der Waals surface area contributed by atoms with E-state index in [1.807, 2.05) is 0 Å². The number of carbonyl (C=O) groups excluding carboxylic acids is 1. The first-order valence-electron chi connectivity index (χ1n) is 11.5. The number of sulfonamides is 2. The lowest BCUT2D eigenvalue weighted by Gasteiger charge is -2.16. The zero-order chi connectivity index (χ0) is 25.1. The van der Waals surface area contributed by atoms with Crippen LogP contribution in [-0.4, -0.2) is 70.7 Å². The fourth-order valence-electron chi connectivity index (χ4n) is 4.13. The van der Waals surface area contributed by atoms with Gasteiger partial charge < -0.3 is 10.1 Å². The monoisotopic (exact) mass is 541 g/mol. The second-order valence-electron chi connectivity index (χ2n) is 8.44. The Balaban J connectivity index is 1.32. The molecule has 0 spiro atoms. The van der Waals surface area contributed by atoms with Crippen molar-refractivity contribution in [1.29, 1.82) is 0 Å². The van der Waals surface area contributed by atoms with Gasteiger partial charge in [-0.2, -0.15) is 8.61 Å². The Hall–Kier alpha value is -2.18. The van der Waals surface area contributed by atoms with Gasteiger partial charge in [-0.15, -0.1) is 0 Å². The van der Waals surface area contributed by atoms with Crippen LogP contribution in [0.15, 0.2) is 52.3 Å². The molecular weight excluding hydrogens is 514 g/mol. The minimum atomic E-state index is -3.67. The van der Waals surface area contributed by atoms with E-state index in [2.05, 4.69) is 5.32 Å². The van der Waals surface area contributed by atoms with Gasteiger partial charge in [0.25, 0.3) is 5.91 Å². The minimum Gasteiger partial charge on any atom is -0.492 e. The van der Waals surface area contributed by atoms with Crippen molar-refractivity contribution < 1.29 is 26.4 Å². The number of amides is 1. The Morgan fingerprint density at radius 2 is 1.34 bits per heavy atom. The summed E-state index contributed by atoms with van der Waals surface area (Å²) in [5.74, 6) is -0.0412. The summed E-state index contributed by atoms with van der Waals surface area (Å²) in [6.07, 6.45) is 3.38. The maximum absolute atomic E-state index is 12.8. The zero-order valence-electron chi connectivity index (χ0n) is 19.2. The number of hydrogen-bond donors (Lipinski definition) is 1. The van der Waals surface area contributed by atoms with Gasteiger partial charge in [0, 0.05) is 26.2 Å². The highest BCUT2D eigenvalue weighted by Gasteiger charge is 2.29. The van der Waals surface area contributed by atoms with Gasteiger partial charge in [-0.25, -0.2) is 16.8 Å². The third-order valence-corrected chi connectivity index (χ3v) is 10.2. The molecule has 2 aromatic carbocycles. The second-order valence-corrected chi connectivity index (χ2v) is 12.7. The summed E-state index contributed by atoms with van der Waals surface area (Å²) >= 11 is 6.16. The van der Waals surface area contributed by atoms with Gasteiger partial charge in [0.05, 0.1) is 26.9 Å². The van der Waals surface area contributed by atoms with E-state index in [0.717, 1.165) is 25.7 Å². The van der Waals surface area contributed by atoms with Crippen molar-refractivity contribution in [2.45, 2.75) is 35.5 Å². The molecule has 2 aliphatic heterocycles. The summed E-state index contributed by atoms with van der Waals surface area (Å²) in [6, 6.07) is 10.3. The molecule has 2 aromatic rings. The molecule has 2 heterocycles. The summed E-state index contributed by atoms with van der Waals surface area (Å²) < 4.78 is 59.3. The third-order valence-electron chi connectivity index (χ3n) is 6.07. The molecule has 9 nitrogen and oxygen atoms in total. The molecule has 0 saturated carbocycles. The van der Waals surface area contributed by atoms with Crippen LogP contribution in [0.3, 0.4) is 0 Å². The molecule has 0 radical (unpaired) electrons. The first-order chi connectivity index (χ1) is 16.7. The van der Waals surface area contributed by atoms with Crippen LogP contribution >= 0.6 is 11.6 Å². The van der Waals surface area contributed by atoms with Crippen molar-refractivity contribution in [2.75, 3.05) is 39.3 Å². The first-order valence-corrected chi connectivity index (χ1v) is 14.8. The van der Waals surface area contributed by atoms with Crippen LogP contribution in [0, 0.1) is 0 Å². The van der Waals surface area contributed by atoms with Gasteiger partial charge in [0.2, 0.25) is 20.0 Å². The Morgan fingerprint density at radius 1 is 0.829 bits per heavy atom. The van der Waals surface area contributed by atoms with E-state index in [9.17, 15) is 21.6 Å². The molecule has 0 aromatic heterocycles. The van der Waals surface area contributed by atoms with Crippen molar-refractivity contribution in [3.63, 3.8) is 0 Å². The van der Waals surface area contributed by atoms with E-state index in [1.54, 1.807) is 12.1 Å². The standard InChI is InChI=1S/C23H28ClN3O6S2/c24-22-10-9-20(35(31,32)27-14-3-4-15-27)17-21(22)23(28)25-11-16-33-18-5-7-19(8-6-18)34(29,30)26-12-1-2-13-26/h5-10,17H,1-4,11-16H2,(H,25,28). The van der Waals surface area contributed by atoms with Crippen LogP contribution in [0.25, 0.3) is 0 Å². The number of nitrogens with zero attached hydrogens (tertiary/aromatic N) is 2. The number of ether oxygens (including phenoxy) is 1. The summed E-state index contributed by atoms with van der Waals surface area (Å²) in [6.45, 7) is 2.29. The quantitative estimate of drug-likeness (QED) is 0.488. The van der Waals surface area contributed by atoms with E-state index >= 15 is 0 Å². The van der Waals surface area contributed by atoms with Gasteiger partial charge in [-0.1, -0.05) is 11.6 Å². The molecule has 0 aliphatic carbocycles. The number of rotatable bonds is 9. The molecule has 2 aliphatic rings. The van der Waals surface area contributed by atoms with E-state index in [-0.39, 0.29) is 33.5 Å². The minimum absolute atomic E-state index is 0.0363. The Bertz CT molecular complexity index is 1270. The first kappa shape index (κ1) is 25.9. The van der Waals surface area contributed by atoms with Crippen LogP contribution in [-0.2, 0) is 20.0 Å². The van der Waals surface area contributed by atoms with Gasteiger partial charge in [0.1, 0.15) is 12.4 Å². The highest BCUT2D eigenvalue weighted by atomic mass is 35.5. The highest BCUT2D eigenvalue weighted by molar-refractivity contribution is 7.89. The lowest BCUT2D eigenvalue weighted by Crippen LogP contribution is -2.30. The Morgan fingerprint density at radius 3 is 1.91 bits per heavy atom. The summed E-state index contributed by atoms with van der Waals surface area (Å²) in [5.41, 5.74) is 0.0726. The average Bonchev–Trinajstić information content (AvgIpc) is 3.57. The van der Waals surface area contributed by atoms with Crippen molar-refractivity contribution in [3.8, 4) is 5.75 Å². The van der Waals surface area contributed by atoms with Crippen molar-refractivity contribution in [3.05, 3.63) is 53.1 Å². The van der Waals surface area contributed by atoms with E-state index in [1.165, 1.54) is 38.9 Å². The smallest absolute Gasteiger partial charge is 0.252 e. The fraction of sp³-hybridized carbons (Fsp3) is 0.435. The molecular formula is C23H28ClN3O6S2. The van der Waals surface area contributed by atoms with Gasteiger partial charge >= 0.3 is 0 Å². The molecule has 0 bridgehead atoms. The number of benzene rings is 2. The summed E-state index contributed by atoms with van der Waals surface area (Å²) in [4.78, 5) is 12.9. The normalized spacial score (nSPS) is 17.5. The van der Waals surface area contributed by atoms with Crippen LogP contribution < -0.4 is 10.1 Å². The van der Waals surface area contributed by atoms with Crippen LogP contribution in [0.4, 0.5) is 0 Å². The van der Waals surface area contributed by atoms with Gasteiger partial charge in [0.15, 0.2) is 0 Å². The maximum atomic E-state index is 12.8. The summed E-state index contributed by atoms with van der Waals surface area (Å²) in [5, 5.41) is 2.82. The van der Waals surface area contributed by atoms with E-state index in [4.69, 9.17) is 16.3 Å². The van der Waals surface area contributed by atoms with Crippen LogP contribution in [0.5, 0.6) is 5.75 Å². The predicted octanol–water partition coefficient (Wildman–Crippen LogP) is 2.72.